The normalized spacial score (nSPS) is 14.1. The fourth-order valence-corrected chi connectivity index (χ4v) is 2.40. The lowest BCUT2D eigenvalue weighted by molar-refractivity contribution is -0.384. The number of carboxylic acid groups (broad SMARTS) is 1. The van der Waals surface area contributed by atoms with Crippen LogP contribution in [0.1, 0.15) is 40.4 Å². The van der Waals surface area contributed by atoms with E-state index in [1.807, 2.05) is 6.92 Å². The van der Waals surface area contributed by atoms with Crippen LogP contribution in [0.4, 0.5) is 5.69 Å². The van der Waals surface area contributed by atoms with Gasteiger partial charge < -0.3 is 5.11 Å². The zero-order valence-electron chi connectivity index (χ0n) is 11.3. The van der Waals surface area contributed by atoms with Crippen molar-refractivity contribution in [2.75, 3.05) is 0 Å². The first-order valence-corrected chi connectivity index (χ1v) is 6.55. The van der Waals surface area contributed by atoms with Crippen molar-refractivity contribution in [3.63, 3.8) is 0 Å². The van der Waals surface area contributed by atoms with Crippen molar-refractivity contribution in [3.05, 3.63) is 51.3 Å². The third-order valence-corrected chi connectivity index (χ3v) is 3.63. The summed E-state index contributed by atoms with van der Waals surface area (Å²) in [6.45, 7) is 1.82. The molecule has 1 saturated carbocycles. The second-order valence-electron chi connectivity index (χ2n) is 5.16. The SMILES string of the molecule is Cc1ccc([N+](=O)[O-])cc1-n1ncc(C(=O)O)c1C1CC1. The number of nitro groups is 1. The molecule has 0 saturated heterocycles. The van der Waals surface area contributed by atoms with Crippen LogP contribution in [0, 0.1) is 17.0 Å². The summed E-state index contributed by atoms with van der Waals surface area (Å²) in [5.41, 5.74) is 2.13. The topological polar surface area (TPSA) is 98.3 Å². The molecular formula is C14H13N3O4. The van der Waals surface area contributed by atoms with E-state index in [0.717, 1.165) is 18.4 Å². The molecule has 1 aliphatic carbocycles. The predicted molar refractivity (Wildman–Crippen MR) is 73.9 cm³/mol. The Kier molecular flexibility index (Phi) is 2.97. The van der Waals surface area contributed by atoms with Gasteiger partial charge in [-0.1, -0.05) is 6.07 Å². The lowest BCUT2D eigenvalue weighted by atomic mass is 10.1. The van der Waals surface area contributed by atoms with Gasteiger partial charge in [-0.2, -0.15) is 5.10 Å². The van der Waals surface area contributed by atoms with Crippen LogP contribution < -0.4 is 0 Å². The molecular weight excluding hydrogens is 274 g/mol. The van der Waals surface area contributed by atoms with Crippen molar-refractivity contribution < 1.29 is 14.8 Å². The van der Waals surface area contributed by atoms with E-state index in [0.29, 0.717) is 11.4 Å². The monoisotopic (exact) mass is 287 g/mol. The molecule has 0 bridgehead atoms. The number of nitrogens with zero attached hydrogens (tertiary/aromatic N) is 3. The Labute approximate surface area is 120 Å². The van der Waals surface area contributed by atoms with Gasteiger partial charge in [0.05, 0.1) is 22.5 Å². The molecule has 0 amide bonds. The average Bonchev–Trinajstić information content (AvgIpc) is 3.17. The summed E-state index contributed by atoms with van der Waals surface area (Å²) in [4.78, 5) is 21.7. The van der Waals surface area contributed by atoms with E-state index in [9.17, 15) is 20.0 Å². The second kappa shape index (κ2) is 4.69. The molecule has 1 fully saturated rings. The number of non-ortho nitro benzene ring substituents is 1. The number of carbonyl (C=O) groups is 1. The van der Waals surface area contributed by atoms with Crippen molar-refractivity contribution in [2.24, 2.45) is 0 Å². The number of nitro benzene ring substituents is 1. The largest absolute Gasteiger partial charge is 0.478 e. The molecule has 1 aliphatic rings. The third-order valence-electron chi connectivity index (χ3n) is 3.63. The molecule has 21 heavy (non-hydrogen) atoms. The van der Waals surface area contributed by atoms with Gasteiger partial charge in [0.1, 0.15) is 5.56 Å². The van der Waals surface area contributed by atoms with E-state index < -0.39 is 10.9 Å². The zero-order valence-corrected chi connectivity index (χ0v) is 11.3. The van der Waals surface area contributed by atoms with E-state index in [1.165, 1.54) is 23.0 Å². The highest BCUT2D eigenvalue weighted by Gasteiger charge is 2.33. The van der Waals surface area contributed by atoms with Crippen molar-refractivity contribution in [1.29, 1.82) is 0 Å². The molecule has 1 aromatic carbocycles. The van der Waals surface area contributed by atoms with Crippen molar-refractivity contribution in [2.45, 2.75) is 25.7 Å². The third kappa shape index (κ3) is 2.26. The summed E-state index contributed by atoms with van der Waals surface area (Å²) >= 11 is 0. The van der Waals surface area contributed by atoms with Crippen LogP contribution >= 0.6 is 0 Å². The number of aromatic nitrogens is 2. The fourth-order valence-electron chi connectivity index (χ4n) is 2.40. The van der Waals surface area contributed by atoms with E-state index >= 15 is 0 Å². The number of hydrogen-bond acceptors (Lipinski definition) is 4. The first-order valence-electron chi connectivity index (χ1n) is 6.55. The lowest BCUT2D eigenvalue weighted by Gasteiger charge is -2.10. The highest BCUT2D eigenvalue weighted by molar-refractivity contribution is 5.89. The Morgan fingerprint density at radius 3 is 2.76 bits per heavy atom. The van der Waals surface area contributed by atoms with Crippen LogP contribution in [0.5, 0.6) is 0 Å². The molecule has 7 heteroatoms. The molecule has 0 radical (unpaired) electrons. The first kappa shape index (κ1) is 13.3. The van der Waals surface area contributed by atoms with E-state index in [1.54, 1.807) is 6.07 Å². The highest BCUT2D eigenvalue weighted by Crippen LogP contribution is 2.42. The van der Waals surface area contributed by atoms with Crippen LogP contribution in [0.25, 0.3) is 5.69 Å². The molecule has 1 N–H and O–H groups in total. The Hall–Kier alpha value is -2.70. The van der Waals surface area contributed by atoms with Gasteiger partial charge in [0.25, 0.3) is 5.69 Å². The minimum Gasteiger partial charge on any atom is -0.478 e. The van der Waals surface area contributed by atoms with Gasteiger partial charge in [-0.15, -0.1) is 0 Å². The number of hydrogen-bond donors (Lipinski definition) is 1. The average molecular weight is 287 g/mol. The number of benzene rings is 1. The standard InChI is InChI=1S/C14H13N3O4/c1-8-2-5-10(17(20)21)6-12(8)16-13(9-3-4-9)11(7-15-16)14(18)19/h2,5-7,9H,3-4H2,1H3,(H,18,19). The molecule has 1 aromatic heterocycles. The van der Waals surface area contributed by atoms with Crippen LogP contribution in [-0.2, 0) is 0 Å². The molecule has 1 heterocycles. The van der Waals surface area contributed by atoms with E-state index in [-0.39, 0.29) is 17.2 Å². The number of rotatable bonds is 4. The molecule has 0 aliphatic heterocycles. The van der Waals surface area contributed by atoms with Crippen molar-refractivity contribution in [3.8, 4) is 5.69 Å². The van der Waals surface area contributed by atoms with E-state index in [4.69, 9.17) is 0 Å². The summed E-state index contributed by atoms with van der Waals surface area (Å²) < 4.78 is 1.53. The number of carboxylic acids is 1. The summed E-state index contributed by atoms with van der Waals surface area (Å²) in [5.74, 6) is -0.858. The van der Waals surface area contributed by atoms with Crippen molar-refractivity contribution in [1.82, 2.24) is 9.78 Å². The molecule has 108 valence electrons. The second-order valence-corrected chi connectivity index (χ2v) is 5.16. The molecule has 0 spiro atoms. The minimum atomic E-state index is -1.02. The molecule has 7 nitrogen and oxygen atoms in total. The van der Waals surface area contributed by atoms with Crippen LogP contribution in [0.2, 0.25) is 0 Å². The molecule has 2 aromatic rings. The smallest absolute Gasteiger partial charge is 0.339 e. The summed E-state index contributed by atoms with van der Waals surface area (Å²) in [6.07, 6.45) is 3.15. The van der Waals surface area contributed by atoms with Gasteiger partial charge >= 0.3 is 5.97 Å². The maximum absolute atomic E-state index is 11.3. The quantitative estimate of drug-likeness (QED) is 0.688. The highest BCUT2D eigenvalue weighted by atomic mass is 16.6. The van der Waals surface area contributed by atoms with Crippen molar-refractivity contribution >= 4 is 11.7 Å². The fraction of sp³-hybridized carbons (Fsp3) is 0.286. The molecule has 0 atom stereocenters. The first-order chi connectivity index (χ1) is 9.99. The van der Waals surface area contributed by atoms with Gasteiger partial charge in [-0.25, -0.2) is 9.48 Å². The minimum absolute atomic E-state index is 0.0373. The molecule has 3 rings (SSSR count). The maximum atomic E-state index is 11.3. The van der Waals surface area contributed by atoms with Gasteiger partial charge in [-0.05, 0) is 25.3 Å². The number of aryl methyl sites for hydroxylation is 1. The summed E-state index contributed by atoms with van der Waals surface area (Å²) in [7, 11) is 0. The van der Waals surface area contributed by atoms with Gasteiger partial charge in [0, 0.05) is 18.1 Å². The Morgan fingerprint density at radius 2 is 2.19 bits per heavy atom. The lowest BCUT2D eigenvalue weighted by Crippen LogP contribution is -2.07. The Bertz CT molecular complexity index is 747. The molecule has 0 unspecified atom stereocenters. The zero-order chi connectivity index (χ0) is 15.1. The summed E-state index contributed by atoms with van der Waals surface area (Å²) in [6, 6.07) is 4.50. The van der Waals surface area contributed by atoms with Gasteiger partial charge in [-0.3, -0.25) is 10.1 Å². The Balaban J connectivity index is 2.19. The van der Waals surface area contributed by atoms with Gasteiger partial charge in [0.2, 0.25) is 0 Å². The van der Waals surface area contributed by atoms with Crippen LogP contribution in [0.3, 0.4) is 0 Å². The van der Waals surface area contributed by atoms with Gasteiger partial charge in [0.15, 0.2) is 0 Å². The van der Waals surface area contributed by atoms with Crippen LogP contribution in [0.15, 0.2) is 24.4 Å². The Morgan fingerprint density at radius 1 is 1.48 bits per heavy atom. The number of aromatic carboxylic acids is 1. The van der Waals surface area contributed by atoms with E-state index in [2.05, 4.69) is 5.10 Å². The maximum Gasteiger partial charge on any atom is 0.339 e. The predicted octanol–water partition coefficient (Wildman–Crippen LogP) is 2.66. The van der Waals surface area contributed by atoms with Crippen LogP contribution in [-0.4, -0.2) is 25.8 Å². The summed E-state index contributed by atoms with van der Waals surface area (Å²) in [5, 5.41) is 24.3.